The van der Waals surface area contributed by atoms with Gasteiger partial charge in [0.2, 0.25) is 0 Å². The number of halogens is 6. The summed E-state index contributed by atoms with van der Waals surface area (Å²) in [7, 11) is 0. The fourth-order valence-electron chi connectivity index (χ4n) is 4.45. The van der Waals surface area contributed by atoms with Gasteiger partial charge in [-0.25, -0.2) is 0 Å². The first-order valence-electron chi connectivity index (χ1n) is 12.3. The molecule has 1 N–H and O–H groups in total. The van der Waals surface area contributed by atoms with E-state index in [-0.39, 0.29) is 34.2 Å². The summed E-state index contributed by atoms with van der Waals surface area (Å²) in [6, 6.07) is 1.09. The molecular weight excluding hydrogens is 519 g/mol. The predicted octanol–water partition coefficient (Wildman–Crippen LogP) is 6.91. The monoisotopic (exact) mass is 550 g/mol. The number of alkyl halides is 5. The number of nitrogens with zero attached hydrogens (tertiary/aromatic N) is 3. The summed E-state index contributed by atoms with van der Waals surface area (Å²) < 4.78 is 72.5. The summed E-state index contributed by atoms with van der Waals surface area (Å²) in [4.78, 5) is 17.0. The molecule has 12 heteroatoms. The van der Waals surface area contributed by atoms with Gasteiger partial charge >= 0.3 is 12.8 Å². The Bertz CT molecular complexity index is 1100. The fraction of sp³-hybridized carbons (Fsp3) is 0.640. The van der Waals surface area contributed by atoms with Gasteiger partial charge in [-0.05, 0) is 49.7 Å². The summed E-state index contributed by atoms with van der Waals surface area (Å²) in [5.74, 6) is 0.0716. The van der Waals surface area contributed by atoms with Crippen molar-refractivity contribution in [3.8, 4) is 17.1 Å². The summed E-state index contributed by atoms with van der Waals surface area (Å²) in [5.41, 5.74) is -2.23. The van der Waals surface area contributed by atoms with Crippen LogP contribution >= 0.6 is 11.6 Å². The molecule has 0 spiro atoms. The zero-order valence-electron chi connectivity index (χ0n) is 21.3. The highest BCUT2D eigenvalue weighted by molar-refractivity contribution is 6.36. The quantitative estimate of drug-likeness (QED) is 0.345. The van der Waals surface area contributed by atoms with E-state index in [0.29, 0.717) is 18.4 Å². The number of nitrogens with one attached hydrogen (secondary N) is 1. The van der Waals surface area contributed by atoms with Crippen molar-refractivity contribution in [2.45, 2.75) is 79.1 Å². The van der Waals surface area contributed by atoms with Crippen LogP contribution < -0.4 is 10.1 Å². The SMILES string of the molecule is CCn1nc(C(=O)NCC2CCC(C)CC2)c(Cl)c1-c1ncc(CC(C)(C)C(F)(F)F)cc1OC(F)F. The van der Waals surface area contributed by atoms with E-state index in [4.69, 9.17) is 11.6 Å². The lowest BCUT2D eigenvalue weighted by Gasteiger charge is -2.27. The third kappa shape index (κ3) is 6.91. The molecule has 206 valence electrons. The Morgan fingerprint density at radius 1 is 1.24 bits per heavy atom. The standard InChI is InChI=1S/C25H32ClF5N4O2/c1-5-35-21(18(26)20(34-35)22(36)33-12-15-8-6-14(2)7-9-15)19-17(37-23(27)28)10-16(13-32-19)11-24(3,4)25(29,30)31/h10,13-15,23H,5-9,11-12H2,1-4H3,(H,33,36). The molecule has 3 rings (SSSR count). The van der Waals surface area contributed by atoms with Crippen LogP contribution in [-0.2, 0) is 13.0 Å². The molecule has 0 radical (unpaired) electrons. The highest BCUT2D eigenvalue weighted by Gasteiger charge is 2.47. The van der Waals surface area contributed by atoms with Gasteiger partial charge in [0.1, 0.15) is 16.4 Å². The van der Waals surface area contributed by atoms with Gasteiger partial charge in [-0.3, -0.25) is 14.5 Å². The van der Waals surface area contributed by atoms with E-state index < -0.39 is 36.3 Å². The molecule has 6 nitrogen and oxygen atoms in total. The fourth-order valence-corrected chi connectivity index (χ4v) is 4.76. The maximum absolute atomic E-state index is 13.4. The topological polar surface area (TPSA) is 69.0 Å². The number of carbonyl (C=O) groups excluding carboxylic acids is 1. The Balaban J connectivity index is 1.92. The third-order valence-corrected chi connectivity index (χ3v) is 7.22. The van der Waals surface area contributed by atoms with E-state index in [0.717, 1.165) is 51.8 Å². The summed E-state index contributed by atoms with van der Waals surface area (Å²) in [5, 5.41) is 7.01. The zero-order valence-corrected chi connectivity index (χ0v) is 22.0. The smallest absolute Gasteiger partial charge is 0.394 e. The van der Waals surface area contributed by atoms with Gasteiger partial charge in [0, 0.05) is 19.3 Å². The van der Waals surface area contributed by atoms with E-state index >= 15 is 0 Å². The second kappa shape index (κ2) is 11.5. The molecule has 37 heavy (non-hydrogen) atoms. The number of ether oxygens (including phenoxy) is 1. The number of pyridine rings is 1. The van der Waals surface area contributed by atoms with Crippen LogP contribution in [0.5, 0.6) is 5.75 Å². The third-order valence-electron chi connectivity index (χ3n) is 6.86. The van der Waals surface area contributed by atoms with Gasteiger partial charge < -0.3 is 10.1 Å². The minimum absolute atomic E-state index is 0.0557. The minimum Gasteiger partial charge on any atom is -0.432 e. The number of carbonyl (C=O) groups is 1. The molecular formula is C25H32ClF5N4O2. The van der Waals surface area contributed by atoms with Gasteiger partial charge in [-0.15, -0.1) is 0 Å². The number of rotatable bonds is 9. The normalized spacial score (nSPS) is 18.8. The van der Waals surface area contributed by atoms with Crippen molar-refractivity contribution in [2.24, 2.45) is 17.3 Å². The van der Waals surface area contributed by atoms with E-state index in [1.165, 1.54) is 4.68 Å². The molecule has 1 saturated carbocycles. The molecule has 0 aliphatic heterocycles. The van der Waals surface area contributed by atoms with Crippen molar-refractivity contribution in [1.29, 1.82) is 0 Å². The molecule has 2 heterocycles. The highest BCUT2D eigenvalue weighted by atomic mass is 35.5. The Kier molecular flexibility index (Phi) is 9.08. The number of hydrogen-bond acceptors (Lipinski definition) is 4. The van der Waals surface area contributed by atoms with Crippen LogP contribution in [0.25, 0.3) is 11.4 Å². The summed E-state index contributed by atoms with van der Waals surface area (Å²) in [6.45, 7) is 3.37. The van der Waals surface area contributed by atoms with Crippen LogP contribution in [0, 0.1) is 17.3 Å². The van der Waals surface area contributed by atoms with E-state index in [1.54, 1.807) is 6.92 Å². The lowest BCUT2D eigenvalue weighted by Crippen LogP contribution is -2.34. The van der Waals surface area contributed by atoms with Crippen molar-refractivity contribution >= 4 is 17.5 Å². The number of amides is 1. The van der Waals surface area contributed by atoms with Gasteiger partial charge in [-0.2, -0.15) is 27.1 Å². The van der Waals surface area contributed by atoms with E-state index in [9.17, 15) is 26.7 Å². The van der Waals surface area contributed by atoms with Crippen molar-refractivity contribution in [1.82, 2.24) is 20.1 Å². The molecule has 1 aliphatic rings. The van der Waals surface area contributed by atoms with Crippen molar-refractivity contribution < 1.29 is 31.5 Å². The lowest BCUT2D eigenvalue weighted by molar-refractivity contribution is -0.211. The van der Waals surface area contributed by atoms with Crippen LogP contribution in [0.4, 0.5) is 22.0 Å². The highest BCUT2D eigenvalue weighted by Crippen LogP contribution is 2.42. The molecule has 2 aromatic heterocycles. The molecule has 0 aromatic carbocycles. The summed E-state index contributed by atoms with van der Waals surface area (Å²) >= 11 is 6.52. The Labute approximate surface area is 217 Å². The van der Waals surface area contributed by atoms with Gasteiger partial charge in [0.05, 0.1) is 5.41 Å². The van der Waals surface area contributed by atoms with Crippen LogP contribution in [0.1, 0.15) is 69.4 Å². The Morgan fingerprint density at radius 2 is 1.89 bits per heavy atom. The first kappa shape index (κ1) is 29.1. The van der Waals surface area contributed by atoms with Crippen LogP contribution in [0.2, 0.25) is 5.02 Å². The molecule has 0 saturated heterocycles. The van der Waals surface area contributed by atoms with E-state index in [2.05, 4.69) is 27.1 Å². The molecule has 1 fully saturated rings. The van der Waals surface area contributed by atoms with Crippen molar-refractivity contribution in [3.05, 3.63) is 28.5 Å². The Hall–Kier alpha value is -2.43. The molecule has 1 amide bonds. The maximum Gasteiger partial charge on any atom is 0.394 e. The van der Waals surface area contributed by atoms with Crippen LogP contribution in [0.3, 0.4) is 0 Å². The summed E-state index contributed by atoms with van der Waals surface area (Å²) in [6.07, 6.45) is 0.373. The molecule has 0 unspecified atom stereocenters. The van der Waals surface area contributed by atoms with Crippen molar-refractivity contribution in [3.63, 3.8) is 0 Å². The largest absolute Gasteiger partial charge is 0.432 e. The predicted molar refractivity (Wildman–Crippen MR) is 130 cm³/mol. The molecule has 2 aromatic rings. The van der Waals surface area contributed by atoms with E-state index in [1.807, 2.05) is 0 Å². The second-order valence-corrected chi connectivity index (χ2v) is 10.7. The molecule has 1 aliphatic carbocycles. The molecule has 0 bridgehead atoms. The van der Waals surface area contributed by atoms with Gasteiger partial charge in [0.15, 0.2) is 11.4 Å². The maximum atomic E-state index is 13.4. The Morgan fingerprint density at radius 3 is 2.46 bits per heavy atom. The lowest BCUT2D eigenvalue weighted by atomic mass is 9.83. The minimum atomic E-state index is -4.52. The average Bonchev–Trinajstić information content (AvgIpc) is 3.13. The number of aryl methyl sites for hydroxylation is 1. The van der Waals surface area contributed by atoms with Crippen molar-refractivity contribution in [2.75, 3.05) is 6.54 Å². The van der Waals surface area contributed by atoms with Crippen LogP contribution in [0.15, 0.2) is 12.3 Å². The number of hydrogen-bond donors (Lipinski definition) is 1. The van der Waals surface area contributed by atoms with Gasteiger partial charge in [-0.1, -0.05) is 45.2 Å². The first-order chi connectivity index (χ1) is 17.2. The van der Waals surface area contributed by atoms with Gasteiger partial charge in [0.25, 0.3) is 5.91 Å². The number of aromatic nitrogens is 3. The molecule has 0 atom stereocenters. The second-order valence-electron chi connectivity index (χ2n) is 10.3. The van der Waals surface area contributed by atoms with Crippen LogP contribution in [-0.4, -0.2) is 40.0 Å². The first-order valence-corrected chi connectivity index (χ1v) is 12.7. The zero-order chi connectivity index (χ0) is 27.5. The average molecular weight is 551 g/mol.